The molecule has 0 amide bonds. The molecule has 114 valence electrons. The number of carboxylic acids is 1. The van der Waals surface area contributed by atoms with Crippen LogP contribution in [0.15, 0.2) is 64.8 Å². The number of carboxylic acid groups (broad SMARTS) is 1. The minimum Gasteiger partial charge on any atom is -0.506 e. The SMILES string of the molecule is O=C(O)c1cc(N=Nc2ccc(Cl)cc2)c2ccccc2c1O. The molecule has 3 aromatic rings. The van der Waals surface area contributed by atoms with Crippen molar-refractivity contribution in [3.05, 3.63) is 65.2 Å². The highest BCUT2D eigenvalue weighted by molar-refractivity contribution is 6.30. The Balaban J connectivity index is 2.14. The number of aromatic hydroxyl groups is 1. The molecule has 0 spiro atoms. The van der Waals surface area contributed by atoms with Crippen molar-refractivity contribution in [2.75, 3.05) is 0 Å². The summed E-state index contributed by atoms with van der Waals surface area (Å²) in [7, 11) is 0. The van der Waals surface area contributed by atoms with E-state index in [0.29, 0.717) is 27.2 Å². The first-order valence-corrected chi connectivity index (χ1v) is 7.09. The fraction of sp³-hybridized carbons (Fsp3) is 0. The van der Waals surface area contributed by atoms with E-state index in [1.54, 1.807) is 48.5 Å². The van der Waals surface area contributed by atoms with Crippen molar-refractivity contribution in [1.29, 1.82) is 0 Å². The van der Waals surface area contributed by atoms with Gasteiger partial charge in [0.2, 0.25) is 0 Å². The predicted molar refractivity (Wildman–Crippen MR) is 88.2 cm³/mol. The van der Waals surface area contributed by atoms with Crippen LogP contribution in [-0.4, -0.2) is 16.2 Å². The van der Waals surface area contributed by atoms with Crippen LogP contribution in [-0.2, 0) is 0 Å². The average molecular weight is 327 g/mol. The number of phenols is 1. The Hall–Kier alpha value is -2.92. The van der Waals surface area contributed by atoms with Crippen LogP contribution in [0.3, 0.4) is 0 Å². The number of hydrogen-bond acceptors (Lipinski definition) is 4. The average Bonchev–Trinajstić information content (AvgIpc) is 2.55. The highest BCUT2D eigenvalue weighted by Crippen LogP contribution is 2.36. The maximum atomic E-state index is 11.3. The van der Waals surface area contributed by atoms with Gasteiger partial charge in [-0.25, -0.2) is 4.79 Å². The Kier molecular flexibility index (Phi) is 3.95. The van der Waals surface area contributed by atoms with Gasteiger partial charge in [-0.1, -0.05) is 35.9 Å². The van der Waals surface area contributed by atoms with E-state index < -0.39 is 5.97 Å². The zero-order valence-electron chi connectivity index (χ0n) is 11.8. The molecule has 23 heavy (non-hydrogen) atoms. The lowest BCUT2D eigenvalue weighted by Crippen LogP contribution is -1.97. The number of aromatic carboxylic acids is 1. The molecule has 0 unspecified atom stereocenters. The fourth-order valence-electron chi connectivity index (χ4n) is 2.21. The Morgan fingerprint density at radius 3 is 2.26 bits per heavy atom. The van der Waals surface area contributed by atoms with Crippen molar-refractivity contribution in [3.63, 3.8) is 0 Å². The highest BCUT2D eigenvalue weighted by atomic mass is 35.5. The Bertz CT molecular complexity index is 921. The molecular formula is C17H11ClN2O3. The molecule has 0 aliphatic carbocycles. The first-order chi connectivity index (χ1) is 11.1. The smallest absolute Gasteiger partial charge is 0.339 e. The second-order valence-corrected chi connectivity index (χ2v) is 5.26. The van der Waals surface area contributed by atoms with Gasteiger partial charge in [-0.05, 0) is 30.3 Å². The number of rotatable bonds is 3. The molecular weight excluding hydrogens is 316 g/mol. The van der Waals surface area contributed by atoms with Gasteiger partial charge in [0.05, 0.1) is 11.4 Å². The van der Waals surface area contributed by atoms with Gasteiger partial charge >= 0.3 is 5.97 Å². The van der Waals surface area contributed by atoms with Crippen molar-refractivity contribution >= 4 is 39.7 Å². The van der Waals surface area contributed by atoms with Crippen molar-refractivity contribution in [1.82, 2.24) is 0 Å². The number of hydrogen-bond donors (Lipinski definition) is 2. The summed E-state index contributed by atoms with van der Waals surface area (Å²) in [6.07, 6.45) is 0. The molecule has 3 aromatic carbocycles. The number of azo groups is 1. The summed E-state index contributed by atoms with van der Waals surface area (Å²) in [6.45, 7) is 0. The monoisotopic (exact) mass is 326 g/mol. The molecule has 0 aliphatic rings. The van der Waals surface area contributed by atoms with Crippen LogP contribution >= 0.6 is 11.6 Å². The quantitative estimate of drug-likeness (QED) is 0.639. The zero-order chi connectivity index (χ0) is 16.4. The van der Waals surface area contributed by atoms with Crippen LogP contribution in [0.1, 0.15) is 10.4 Å². The summed E-state index contributed by atoms with van der Waals surface area (Å²) in [5.74, 6) is -1.50. The largest absolute Gasteiger partial charge is 0.506 e. The summed E-state index contributed by atoms with van der Waals surface area (Å²) in [4.78, 5) is 11.3. The maximum Gasteiger partial charge on any atom is 0.339 e. The van der Waals surface area contributed by atoms with Crippen molar-refractivity contribution in [2.24, 2.45) is 10.2 Å². The van der Waals surface area contributed by atoms with Crippen LogP contribution in [0.4, 0.5) is 11.4 Å². The second-order valence-electron chi connectivity index (χ2n) is 4.82. The topological polar surface area (TPSA) is 82.2 Å². The third kappa shape index (κ3) is 3.00. The van der Waals surface area contributed by atoms with E-state index in [9.17, 15) is 15.0 Å². The minimum atomic E-state index is -1.23. The Labute approximate surface area is 136 Å². The highest BCUT2D eigenvalue weighted by Gasteiger charge is 2.16. The van der Waals surface area contributed by atoms with Gasteiger partial charge in [0.25, 0.3) is 0 Å². The number of fused-ring (bicyclic) bond motifs is 1. The van der Waals surface area contributed by atoms with Crippen molar-refractivity contribution in [3.8, 4) is 5.75 Å². The summed E-state index contributed by atoms with van der Waals surface area (Å²) in [6, 6.07) is 15.0. The summed E-state index contributed by atoms with van der Waals surface area (Å²) >= 11 is 5.81. The van der Waals surface area contributed by atoms with Gasteiger partial charge in [0.15, 0.2) is 0 Å². The van der Waals surface area contributed by atoms with Gasteiger partial charge in [0.1, 0.15) is 11.3 Å². The van der Waals surface area contributed by atoms with Gasteiger partial charge < -0.3 is 10.2 Å². The number of carbonyl (C=O) groups is 1. The fourth-order valence-corrected chi connectivity index (χ4v) is 2.33. The van der Waals surface area contributed by atoms with Crippen molar-refractivity contribution < 1.29 is 15.0 Å². The molecule has 2 N–H and O–H groups in total. The molecule has 0 radical (unpaired) electrons. The molecule has 0 saturated heterocycles. The third-order valence-electron chi connectivity index (χ3n) is 3.32. The second kappa shape index (κ2) is 6.06. The lowest BCUT2D eigenvalue weighted by Gasteiger charge is -2.07. The van der Waals surface area contributed by atoms with Crippen molar-refractivity contribution in [2.45, 2.75) is 0 Å². The van der Waals surface area contributed by atoms with E-state index in [0.717, 1.165) is 0 Å². The van der Waals surface area contributed by atoms with Gasteiger partial charge in [-0.3, -0.25) is 0 Å². The molecule has 0 bridgehead atoms. The molecule has 5 nitrogen and oxygen atoms in total. The van der Waals surface area contributed by atoms with Crippen LogP contribution < -0.4 is 0 Å². The molecule has 0 fully saturated rings. The van der Waals surface area contributed by atoms with E-state index in [1.807, 2.05) is 0 Å². The Morgan fingerprint density at radius 1 is 0.957 bits per heavy atom. The maximum absolute atomic E-state index is 11.3. The van der Waals surface area contributed by atoms with Crippen LogP contribution in [0.2, 0.25) is 5.02 Å². The normalized spacial score (nSPS) is 11.2. The molecule has 0 aromatic heterocycles. The minimum absolute atomic E-state index is 0.214. The number of benzene rings is 3. The third-order valence-corrected chi connectivity index (χ3v) is 3.58. The van der Waals surface area contributed by atoms with E-state index in [-0.39, 0.29) is 11.3 Å². The molecule has 0 heterocycles. The molecule has 0 saturated carbocycles. The van der Waals surface area contributed by atoms with Gasteiger partial charge in [-0.2, -0.15) is 5.11 Å². The number of nitrogens with zero attached hydrogens (tertiary/aromatic N) is 2. The molecule has 6 heteroatoms. The van der Waals surface area contributed by atoms with E-state index in [1.165, 1.54) is 6.07 Å². The summed E-state index contributed by atoms with van der Waals surface area (Å²) in [5.41, 5.74) is 0.739. The zero-order valence-corrected chi connectivity index (χ0v) is 12.5. The standard InChI is InChI=1S/C17H11ClN2O3/c18-10-5-7-11(8-6-10)19-20-15-9-14(17(22)23)16(21)13-4-2-1-3-12(13)15/h1-9,21H,(H,22,23). The molecule has 0 aliphatic heterocycles. The van der Waals surface area contributed by atoms with E-state index >= 15 is 0 Å². The number of halogens is 1. The first-order valence-electron chi connectivity index (χ1n) is 6.71. The first kappa shape index (κ1) is 15.0. The lowest BCUT2D eigenvalue weighted by atomic mass is 10.0. The Morgan fingerprint density at radius 2 is 1.61 bits per heavy atom. The van der Waals surface area contributed by atoms with Crippen LogP contribution in [0, 0.1) is 0 Å². The lowest BCUT2D eigenvalue weighted by molar-refractivity contribution is 0.0694. The van der Waals surface area contributed by atoms with E-state index in [2.05, 4.69) is 10.2 Å². The molecule has 3 rings (SSSR count). The predicted octanol–water partition coefficient (Wildman–Crippen LogP) is 5.31. The van der Waals surface area contributed by atoms with Gasteiger partial charge in [-0.15, -0.1) is 5.11 Å². The van der Waals surface area contributed by atoms with Crippen LogP contribution in [0.5, 0.6) is 5.75 Å². The van der Waals surface area contributed by atoms with Gasteiger partial charge in [0, 0.05) is 15.8 Å². The molecule has 0 atom stereocenters. The summed E-state index contributed by atoms with van der Waals surface area (Å²) in [5, 5.41) is 29.1. The van der Waals surface area contributed by atoms with Crippen LogP contribution in [0.25, 0.3) is 10.8 Å². The van der Waals surface area contributed by atoms with E-state index in [4.69, 9.17) is 11.6 Å². The summed E-state index contributed by atoms with van der Waals surface area (Å²) < 4.78 is 0.